The Bertz CT molecular complexity index is 992. The van der Waals surface area contributed by atoms with Gasteiger partial charge in [0.2, 0.25) is 0 Å². The molecule has 9 nitrogen and oxygen atoms in total. The highest BCUT2D eigenvalue weighted by molar-refractivity contribution is 5.92. The van der Waals surface area contributed by atoms with Crippen LogP contribution in [-0.4, -0.2) is 66.6 Å². The molecule has 0 saturated carbocycles. The number of alkyl halides is 3. The molecule has 3 heterocycles. The highest BCUT2D eigenvalue weighted by Crippen LogP contribution is 2.35. The molecule has 3 amide bonds. The van der Waals surface area contributed by atoms with Crippen molar-refractivity contribution >= 4 is 23.3 Å². The van der Waals surface area contributed by atoms with Gasteiger partial charge in [0.25, 0.3) is 5.91 Å². The molecule has 0 bridgehead atoms. The number of hydrogen-bond donors (Lipinski definition) is 3. The molecule has 0 radical (unpaired) electrons. The van der Waals surface area contributed by atoms with Crippen LogP contribution in [0, 0.1) is 0 Å². The molecule has 0 unspecified atom stereocenters. The molecule has 0 aliphatic carbocycles. The van der Waals surface area contributed by atoms with E-state index in [2.05, 4.69) is 30.8 Å². The first-order valence-electron chi connectivity index (χ1n) is 10.5. The normalized spacial score (nSPS) is 14.6. The van der Waals surface area contributed by atoms with Crippen LogP contribution in [0.1, 0.15) is 28.7 Å². The highest BCUT2D eigenvalue weighted by Gasteiger charge is 2.38. The molecule has 3 rings (SSSR count). The lowest BCUT2D eigenvalue weighted by molar-refractivity contribution is -0.140. The molecule has 33 heavy (non-hydrogen) atoms. The maximum Gasteiger partial charge on any atom is 0.435 e. The average molecular weight is 465 g/mol. The topological polar surface area (TPSA) is 102 Å². The van der Waals surface area contributed by atoms with Gasteiger partial charge in [0, 0.05) is 52.5 Å². The number of nitrogens with one attached hydrogen (secondary N) is 3. The lowest BCUT2D eigenvalue weighted by atomic mass is 10.1. The summed E-state index contributed by atoms with van der Waals surface area (Å²) in [5, 5.41) is 7.63. The summed E-state index contributed by atoms with van der Waals surface area (Å²) in [7, 11) is 1.34. The molecule has 2 aromatic heterocycles. The number of carbonyl (C=O) groups is 2. The number of piperazine rings is 1. The van der Waals surface area contributed by atoms with Crippen LogP contribution in [0.5, 0.6) is 0 Å². The lowest BCUT2D eigenvalue weighted by Crippen LogP contribution is -2.46. The number of carbonyl (C=O) groups excluding carboxylic acids is 2. The Morgan fingerprint density at radius 2 is 1.85 bits per heavy atom. The summed E-state index contributed by atoms with van der Waals surface area (Å²) < 4.78 is 40.9. The quantitative estimate of drug-likeness (QED) is 0.605. The van der Waals surface area contributed by atoms with E-state index >= 15 is 0 Å². The van der Waals surface area contributed by atoms with E-state index in [1.807, 2.05) is 13.0 Å². The molecular weight excluding hydrogens is 439 g/mol. The van der Waals surface area contributed by atoms with Crippen molar-refractivity contribution in [3.63, 3.8) is 0 Å². The molecule has 0 atom stereocenters. The van der Waals surface area contributed by atoms with E-state index in [1.165, 1.54) is 19.2 Å². The van der Waals surface area contributed by atoms with Gasteiger partial charge < -0.3 is 20.9 Å². The van der Waals surface area contributed by atoms with Gasteiger partial charge in [0.15, 0.2) is 5.69 Å². The van der Waals surface area contributed by atoms with Crippen LogP contribution in [0.25, 0.3) is 0 Å². The third kappa shape index (κ3) is 6.31. The summed E-state index contributed by atoms with van der Waals surface area (Å²) in [4.78, 5) is 34.9. The van der Waals surface area contributed by atoms with E-state index in [9.17, 15) is 22.8 Å². The van der Waals surface area contributed by atoms with Gasteiger partial charge in [-0.2, -0.15) is 13.2 Å². The number of nitrogens with zero attached hydrogens (tertiary/aromatic N) is 4. The van der Waals surface area contributed by atoms with Crippen molar-refractivity contribution in [3.8, 4) is 0 Å². The van der Waals surface area contributed by atoms with Crippen LogP contribution in [0.2, 0.25) is 0 Å². The second-order valence-corrected chi connectivity index (χ2v) is 7.47. The number of pyridine rings is 2. The zero-order valence-electron chi connectivity index (χ0n) is 18.4. The second kappa shape index (κ2) is 10.5. The molecule has 1 aliphatic rings. The average Bonchev–Trinajstić information content (AvgIpc) is 2.78. The third-order valence-electron chi connectivity index (χ3n) is 5.11. The van der Waals surface area contributed by atoms with Gasteiger partial charge in [-0.3, -0.25) is 14.7 Å². The van der Waals surface area contributed by atoms with Gasteiger partial charge in [-0.1, -0.05) is 0 Å². The fourth-order valence-corrected chi connectivity index (χ4v) is 3.55. The van der Waals surface area contributed by atoms with E-state index in [-0.39, 0.29) is 17.4 Å². The molecule has 1 fully saturated rings. The van der Waals surface area contributed by atoms with Crippen molar-refractivity contribution in [2.75, 3.05) is 50.0 Å². The third-order valence-corrected chi connectivity index (χ3v) is 5.11. The summed E-state index contributed by atoms with van der Waals surface area (Å²) in [6, 6.07) is 4.10. The first kappa shape index (κ1) is 24.2. The minimum atomic E-state index is -4.68. The van der Waals surface area contributed by atoms with Crippen LogP contribution in [0.3, 0.4) is 0 Å². The van der Waals surface area contributed by atoms with E-state index in [0.717, 1.165) is 5.56 Å². The van der Waals surface area contributed by atoms with Crippen molar-refractivity contribution in [2.45, 2.75) is 19.6 Å². The Hall–Kier alpha value is -3.41. The monoisotopic (exact) mass is 465 g/mol. The van der Waals surface area contributed by atoms with Crippen LogP contribution in [0.4, 0.5) is 29.3 Å². The lowest BCUT2D eigenvalue weighted by Gasteiger charge is -2.37. The number of halogens is 3. The largest absolute Gasteiger partial charge is 0.435 e. The molecule has 1 aliphatic heterocycles. The first-order chi connectivity index (χ1) is 15.7. The summed E-state index contributed by atoms with van der Waals surface area (Å²) in [5.74, 6) is -0.672. The van der Waals surface area contributed by atoms with Crippen molar-refractivity contribution in [1.82, 2.24) is 25.5 Å². The summed E-state index contributed by atoms with van der Waals surface area (Å²) in [6.45, 7) is 4.67. The molecular formula is C21H26F3N7O2. The number of amides is 3. The molecule has 0 spiro atoms. The first-order valence-corrected chi connectivity index (χ1v) is 10.5. The molecule has 178 valence electrons. The zero-order valence-corrected chi connectivity index (χ0v) is 18.4. The fraction of sp³-hybridized carbons (Fsp3) is 0.429. The van der Waals surface area contributed by atoms with Gasteiger partial charge in [-0.25, -0.2) is 9.78 Å². The number of anilines is 2. The summed E-state index contributed by atoms with van der Waals surface area (Å²) >= 11 is 0. The minimum absolute atomic E-state index is 0.0374. The smallest absolute Gasteiger partial charge is 0.367 e. The highest BCUT2D eigenvalue weighted by atomic mass is 19.4. The summed E-state index contributed by atoms with van der Waals surface area (Å²) in [5.41, 5.74) is 0.0651. The van der Waals surface area contributed by atoms with E-state index in [4.69, 9.17) is 0 Å². The maximum absolute atomic E-state index is 13.6. The van der Waals surface area contributed by atoms with Crippen LogP contribution >= 0.6 is 0 Å². The molecule has 2 aromatic rings. The summed E-state index contributed by atoms with van der Waals surface area (Å²) in [6.07, 6.45) is -1.44. The van der Waals surface area contributed by atoms with Gasteiger partial charge in [0.05, 0.1) is 17.6 Å². The minimum Gasteiger partial charge on any atom is -0.367 e. The van der Waals surface area contributed by atoms with Crippen molar-refractivity contribution in [3.05, 3.63) is 47.5 Å². The fourth-order valence-electron chi connectivity index (χ4n) is 3.55. The number of hydrogen-bond acceptors (Lipinski definition) is 6. The SMILES string of the molecule is CCNC(=O)Nc1cncc(CN2CCN(c3ccc(C(=O)NC)nc3C(F)(F)F)CC2)c1. The Morgan fingerprint density at radius 3 is 2.48 bits per heavy atom. The van der Waals surface area contributed by atoms with Gasteiger partial charge >= 0.3 is 12.2 Å². The van der Waals surface area contributed by atoms with Crippen LogP contribution in [-0.2, 0) is 12.7 Å². The van der Waals surface area contributed by atoms with Gasteiger partial charge in [-0.05, 0) is 30.7 Å². The van der Waals surface area contributed by atoms with Crippen molar-refractivity contribution in [2.24, 2.45) is 0 Å². The number of aromatic nitrogens is 2. The van der Waals surface area contributed by atoms with E-state index < -0.39 is 17.8 Å². The van der Waals surface area contributed by atoms with E-state index in [0.29, 0.717) is 45.0 Å². The Morgan fingerprint density at radius 1 is 1.12 bits per heavy atom. The Labute approximate surface area is 189 Å². The molecule has 3 N–H and O–H groups in total. The van der Waals surface area contributed by atoms with Crippen molar-refractivity contribution < 1.29 is 22.8 Å². The molecule has 1 saturated heterocycles. The Balaban J connectivity index is 1.66. The predicted octanol–water partition coefficient (Wildman–Crippen LogP) is 2.32. The predicted molar refractivity (Wildman–Crippen MR) is 117 cm³/mol. The molecule has 0 aromatic carbocycles. The number of urea groups is 1. The van der Waals surface area contributed by atoms with Gasteiger partial charge in [-0.15, -0.1) is 0 Å². The van der Waals surface area contributed by atoms with Crippen molar-refractivity contribution in [1.29, 1.82) is 0 Å². The van der Waals surface area contributed by atoms with Crippen LogP contribution < -0.4 is 20.9 Å². The van der Waals surface area contributed by atoms with Crippen LogP contribution in [0.15, 0.2) is 30.6 Å². The zero-order chi connectivity index (χ0) is 24.0. The maximum atomic E-state index is 13.6. The molecule has 12 heteroatoms. The van der Waals surface area contributed by atoms with Gasteiger partial charge in [0.1, 0.15) is 5.69 Å². The Kier molecular flexibility index (Phi) is 7.69. The second-order valence-electron chi connectivity index (χ2n) is 7.47. The number of rotatable bonds is 6. The van der Waals surface area contributed by atoms with E-state index in [1.54, 1.807) is 17.3 Å². The standard InChI is InChI=1S/C21H26F3N7O2/c1-3-27-20(33)28-15-10-14(11-26-12-15)13-30-6-8-31(9-7-30)17-5-4-16(19(32)25-2)29-18(17)21(22,23)24/h4-5,10-12H,3,6-9,13H2,1-2H3,(H,25,32)(H2,27,28,33).